The molecule has 0 saturated carbocycles. The number of rotatable bonds is 4. The molecule has 1 atom stereocenters. The number of anilines is 1. The lowest BCUT2D eigenvalue weighted by atomic mass is 9.88. The van der Waals surface area contributed by atoms with Gasteiger partial charge in [-0.15, -0.1) is 16.4 Å². The molecular weight excluding hydrogens is 437 g/mol. The van der Waals surface area contributed by atoms with Crippen molar-refractivity contribution in [2.24, 2.45) is 0 Å². The molecule has 1 unspecified atom stereocenters. The number of likely N-dealkylation sites (tertiary alicyclic amines) is 1. The molecule has 0 bridgehead atoms. The molecule has 6 nitrogen and oxygen atoms in total. The second kappa shape index (κ2) is 7.40. The summed E-state index contributed by atoms with van der Waals surface area (Å²) in [5.41, 5.74) is 6.49. The summed E-state index contributed by atoms with van der Waals surface area (Å²) in [5, 5.41) is 8.81. The minimum absolute atomic E-state index is 0.0746. The summed E-state index contributed by atoms with van der Waals surface area (Å²) in [6.45, 7) is 3.26. The van der Waals surface area contributed by atoms with Gasteiger partial charge in [-0.1, -0.05) is 12.1 Å². The minimum Gasteiger partial charge on any atom is -0.607 e. The maximum atomic E-state index is 15.2. The molecule has 1 aliphatic heterocycles. The largest absolute Gasteiger partial charge is 0.607 e. The number of carbonyl (C=O) groups excluding carboxylic acids is 1. The van der Waals surface area contributed by atoms with Crippen molar-refractivity contribution in [3.8, 4) is 0 Å². The highest BCUT2D eigenvalue weighted by Crippen LogP contribution is 2.41. The van der Waals surface area contributed by atoms with Crippen molar-refractivity contribution in [3.63, 3.8) is 0 Å². The zero-order chi connectivity index (χ0) is 21.8. The van der Waals surface area contributed by atoms with E-state index in [1.54, 1.807) is 6.92 Å². The topological polar surface area (TPSA) is 95.2 Å². The molecule has 1 fully saturated rings. The molecule has 11 heteroatoms. The summed E-state index contributed by atoms with van der Waals surface area (Å²) >= 11 is -1.33. The first-order valence-corrected chi connectivity index (χ1v) is 10.9. The number of hydrogen-bond acceptors (Lipinski definition) is 6. The van der Waals surface area contributed by atoms with Crippen molar-refractivity contribution < 1.29 is 22.5 Å². The van der Waals surface area contributed by atoms with E-state index in [0.29, 0.717) is 21.6 Å². The fourth-order valence-corrected chi connectivity index (χ4v) is 5.10. The van der Waals surface area contributed by atoms with Gasteiger partial charge in [0.15, 0.2) is 10.6 Å². The predicted molar refractivity (Wildman–Crippen MR) is 109 cm³/mol. The minimum atomic E-state index is -3.00. The number of aromatic nitrogens is 2. The number of hydrogen-bond donors (Lipinski definition) is 1. The van der Waals surface area contributed by atoms with Crippen LogP contribution in [0.2, 0.25) is 0 Å². The Hall–Kier alpha value is -2.37. The predicted octanol–water partition coefficient (Wildman–Crippen LogP) is 3.54. The van der Waals surface area contributed by atoms with Crippen LogP contribution in [-0.4, -0.2) is 44.4 Å². The maximum absolute atomic E-state index is 15.2. The summed E-state index contributed by atoms with van der Waals surface area (Å²) in [6, 6.07) is 5.09. The molecule has 0 spiro atoms. The van der Waals surface area contributed by atoms with Crippen molar-refractivity contribution in [1.82, 2.24) is 15.1 Å². The van der Waals surface area contributed by atoms with Gasteiger partial charge in [0.25, 0.3) is 5.91 Å². The Bertz CT molecular complexity index is 1130. The average Bonchev–Trinajstić information content (AvgIpc) is 3.04. The second-order valence-electron chi connectivity index (χ2n) is 7.14. The third-order valence-electron chi connectivity index (χ3n) is 5.27. The highest BCUT2D eigenvalue weighted by Gasteiger charge is 2.48. The molecule has 2 N–H and O–H groups in total. The average molecular weight is 454 g/mol. The van der Waals surface area contributed by atoms with Crippen LogP contribution < -0.4 is 5.73 Å². The number of carbonyl (C=O) groups is 1. The quantitative estimate of drug-likeness (QED) is 0.609. The number of nitrogens with zero attached hydrogens (tertiary/aromatic N) is 3. The van der Waals surface area contributed by atoms with Crippen molar-refractivity contribution >= 4 is 44.3 Å². The SMILES string of the molecule is Cc1nnc2sc(C(=O)N3CC(F)(c4ccc([S+]([O-])C(F)F)cc4)C3)c(N)c2c1C. The van der Waals surface area contributed by atoms with E-state index in [1.165, 1.54) is 29.2 Å². The van der Waals surface area contributed by atoms with Gasteiger partial charge in [0.1, 0.15) is 9.71 Å². The van der Waals surface area contributed by atoms with Gasteiger partial charge in [-0.3, -0.25) is 4.79 Å². The molecule has 3 heterocycles. The Balaban J connectivity index is 1.52. The number of nitrogens with two attached hydrogens (primary N) is 1. The number of nitrogen functional groups attached to an aromatic ring is 1. The Labute approximate surface area is 177 Å². The molecule has 3 aromatic rings. The van der Waals surface area contributed by atoms with Gasteiger partial charge in [-0.05, 0) is 37.1 Å². The molecule has 0 aliphatic carbocycles. The number of fused-ring (bicyclic) bond motifs is 1. The van der Waals surface area contributed by atoms with E-state index in [9.17, 15) is 18.1 Å². The molecule has 30 heavy (non-hydrogen) atoms. The van der Waals surface area contributed by atoms with E-state index < -0.39 is 28.5 Å². The second-order valence-corrected chi connectivity index (χ2v) is 9.57. The molecule has 1 aromatic carbocycles. The number of halogens is 3. The fourth-order valence-electron chi connectivity index (χ4n) is 3.42. The first-order chi connectivity index (χ1) is 14.1. The first-order valence-electron chi connectivity index (χ1n) is 8.91. The van der Waals surface area contributed by atoms with Crippen molar-refractivity contribution in [3.05, 3.63) is 46.0 Å². The first kappa shape index (κ1) is 20.9. The number of aryl methyl sites for hydroxylation is 2. The molecule has 1 aliphatic rings. The van der Waals surface area contributed by atoms with Gasteiger partial charge in [0.2, 0.25) is 0 Å². The van der Waals surface area contributed by atoms with Crippen LogP contribution in [0, 0.1) is 13.8 Å². The van der Waals surface area contributed by atoms with Crippen molar-refractivity contribution in [2.45, 2.75) is 30.2 Å². The van der Waals surface area contributed by atoms with Crippen LogP contribution in [0.25, 0.3) is 10.2 Å². The molecular formula is C19H17F3N4O2S2. The van der Waals surface area contributed by atoms with Gasteiger partial charge in [-0.2, -0.15) is 13.9 Å². The number of alkyl halides is 3. The van der Waals surface area contributed by atoms with E-state index >= 15 is 4.39 Å². The summed E-state index contributed by atoms with van der Waals surface area (Å²) < 4.78 is 51.7. The zero-order valence-corrected chi connectivity index (χ0v) is 17.6. The summed E-state index contributed by atoms with van der Waals surface area (Å²) in [6.07, 6.45) is 0. The Morgan fingerprint density at radius 3 is 2.50 bits per heavy atom. The third kappa shape index (κ3) is 3.30. The van der Waals surface area contributed by atoms with Gasteiger partial charge in [-0.25, -0.2) is 4.39 Å². The highest BCUT2D eigenvalue weighted by atomic mass is 32.2. The van der Waals surface area contributed by atoms with E-state index in [0.717, 1.165) is 16.9 Å². The third-order valence-corrected chi connectivity index (χ3v) is 7.40. The molecule has 1 saturated heterocycles. The van der Waals surface area contributed by atoms with Crippen LogP contribution in [-0.2, 0) is 16.8 Å². The van der Waals surface area contributed by atoms with E-state index in [2.05, 4.69) is 10.2 Å². The summed E-state index contributed by atoms with van der Waals surface area (Å²) in [7, 11) is 0. The monoisotopic (exact) mass is 454 g/mol. The standard InChI is InChI=1S/C19H17F3N4O2S2/c1-9-10(2)24-25-16-13(9)14(23)15(29-16)17(27)26-7-19(22,8-26)11-3-5-12(6-4-11)30(28)18(20)21/h3-6,18H,7-8,23H2,1-2H3. The molecule has 2 aromatic heterocycles. The van der Waals surface area contributed by atoms with Gasteiger partial charge in [0, 0.05) is 5.39 Å². The van der Waals surface area contributed by atoms with Crippen LogP contribution in [0.4, 0.5) is 18.9 Å². The van der Waals surface area contributed by atoms with Gasteiger partial charge in [0.05, 0.1) is 35.6 Å². The van der Waals surface area contributed by atoms with Crippen LogP contribution in [0.1, 0.15) is 26.5 Å². The normalized spacial score (nSPS) is 16.7. The smallest absolute Gasteiger partial charge is 0.402 e. The summed E-state index contributed by atoms with van der Waals surface area (Å²) in [4.78, 5) is 15.0. The zero-order valence-electron chi connectivity index (χ0n) is 16.0. The summed E-state index contributed by atoms with van der Waals surface area (Å²) in [5.74, 6) is -3.40. The van der Waals surface area contributed by atoms with Crippen molar-refractivity contribution in [2.75, 3.05) is 18.8 Å². The van der Waals surface area contributed by atoms with Gasteiger partial charge >= 0.3 is 5.76 Å². The lowest BCUT2D eigenvalue weighted by Gasteiger charge is -2.44. The van der Waals surface area contributed by atoms with Gasteiger partial charge < -0.3 is 15.2 Å². The van der Waals surface area contributed by atoms with Crippen LogP contribution in [0.3, 0.4) is 0 Å². The lowest BCUT2D eigenvalue weighted by molar-refractivity contribution is -0.0228. The van der Waals surface area contributed by atoms with E-state index in [4.69, 9.17) is 5.73 Å². The highest BCUT2D eigenvalue weighted by molar-refractivity contribution is 7.91. The van der Waals surface area contributed by atoms with E-state index in [1.807, 2.05) is 6.92 Å². The van der Waals surface area contributed by atoms with Crippen molar-refractivity contribution in [1.29, 1.82) is 0 Å². The Morgan fingerprint density at radius 1 is 1.27 bits per heavy atom. The maximum Gasteiger partial charge on any atom is 0.402 e. The molecule has 1 amide bonds. The van der Waals surface area contributed by atoms with Crippen LogP contribution in [0.15, 0.2) is 29.2 Å². The van der Waals surface area contributed by atoms with Crippen LogP contribution >= 0.6 is 11.3 Å². The Kier molecular flexibility index (Phi) is 5.15. The number of benzene rings is 1. The Morgan fingerprint density at radius 2 is 1.90 bits per heavy atom. The van der Waals surface area contributed by atoms with Crippen LogP contribution in [0.5, 0.6) is 0 Å². The molecule has 4 rings (SSSR count). The number of amides is 1. The van der Waals surface area contributed by atoms with E-state index in [-0.39, 0.29) is 28.4 Å². The molecule has 0 radical (unpaired) electrons. The lowest BCUT2D eigenvalue weighted by Crippen LogP contribution is -2.58. The molecule has 158 valence electrons. The fraction of sp³-hybridized carbons (Fsp3) is 0.316. The number of thiophene rings is 1.